The largest absolute Gasteiger partial charge is 0.829 e. The van der Waals surface area contributed by atoms with Gasteiger partial charge in [-0.3, -0.25) is 14.4 Å². The number of carbonyl (C=O) groups excluding carboxylic acids is 3. The fraction of sp³-hybridized carbons (Fsp3) is 0.750. The van der Waals surface area contributed by atoms with Crippen LogP contribution in [0.3, 0.4) is 0 Å². The molecule has 1 fully saturated rings. The van der Waals surface area contributed by atoms with Gasteiger partial charge in [-0.15, -0.1) is 0 Å². The van der Waals surface area contributed by atoms with Gasteiger partial charge >= 0.3 is 17.9 Å². The van der Waals surface area contributed by atoms with Crippen LogP contribution in [0, 0.1) is 0 Å². The fourth-order valence-corrected chi connectivity index (χ4v) is 1.89. The first-order chi connectivity index (χ1) is 9.72. The maximum atomic E-state index is 11.6. The molecule has 21 heavy (non-hydrogen) atoms. The first kappa shape index (κ1) is 17.3. The third-order valence-corrected chi connectivity index (χ3v) is 2.67. The lowest BCUT2D eigenvalue weighted by molar-refractivity contribution is -0.532. The number of rotatable bonds is 4. The summed E-state index contributed by atoms with van der Waals surface area (Å²) in [7, 11) is 0. The molecule has 0 unspecified atom stereocenters. The maximum Gasteiger partial charge on any atom is 0.303 e. The lowest BCUT2D eigenvalue weighted by atomic mass is 9.98. The molecular formula is C12H17O9-. The van der Waals surface area contributed by atoms with Gasteiger partial charge in [0.2, 0.25) is 0 Å². The number of aliphatic hydroxyl groups excluding tert-OH is 1. The second-order valence-electron chi connectivity index (χ2n) is 4.48. The zero-order valence-electron chi connectivity index (χ0n) is 11.8. The predicted molar refractivity (Wildman–Crippen MR) is 62.4 cm³/mol. The molecule has 1 heterocycles. The van der Waals surface area contributed by atoms with Crippen LogP contribution in [0.4, 0.5) is 0 Å². The van der Waals surface area contributed by atoms with E-state index in [1.165, 1.54) is 0 Å². The van der Waals surface area contributed by atoms with Gasteiger partial charge in [-0.05, 0) is 0 Å². The Hall–Kier alpha value is -1.71. The SMILES string of the molecule is CC(=O)OC[C@H]1O[C@@H]([O-])[C@H](O)[C@@H](OC(C)=O)[C@H]1OC(C)=O. The Morgan fingerprint density at radius 3 is 2.05 bits per heavy atom. The average molecular weight is 305 g/mol. The van der Waals surface area contributed by atoms with Crippen molar-refractivity contribution in [3.63, 3.8) is 0 Å². The molecule has 9 heteroatoms. The van der Waals surface area contributed by atoms with Gasteiger partial charge in [0, 0.05) is 27.1 Å². The maximum absolute atomic E-state index is 11.6. The smallest absolute Gasteiger partial charge is 0.303 e. The summed E-state index contributed by atoms with van der Waals surface area (Å²) in [6.45, 7) is 2.95. The van der Waals surface area contributed by atoms with Crippen LogP contribution in [0.2, 0.25) is 0 Å². The highest BCUT2D eigenvalue weighted by Crippen LogP contribution is 2.24. The second-order valence-corrected chi connectivity index (χ2v) is 4.48. The van der Waals surface area contributed by atoms with Crippen molar-refractivity contribution in [3.05, 3.63) is 0 Å². The van der Waals surface area contributed by atoms with E-state index in [0.717, 1.165) is 20.8 Å². The summed E-state index contributed by atoms with van der Waals surface area (Å²) >= 11 is 0. The molecule has 1 N–H and O–H groups in total. The number of ether oxygens (including phenoxy) is 4. The van der Waals surface area contributed by atoms with Crippen LogP contribution >= 0.6 is 0 Å². The van der Waals surface area contributed by atoms with Crippen molar-refractivity contribution in [2.45, 2.75) is 51.5 Å². The Labute approximate surface area is 120 Å². The summed E-state index contributed by atoms with van der Waals surface area (Å²) < 4.78 is 19.4. The van der Waals surface area contributed by atoms with Gasteiger partial charge in [0.25, 0.3) is 0 Å². The second kappa shape index (κ2) is 7.34. The standard InChI is InChI=1S/C12H17O9/c1-5(13)18-4-8-10(19-6(2)14)11(20-7(3)15)9(16)12(17)21-8/h8-12,16H,4H2,1-3H3/q-1/t8-,9-,10+,11-,12-/m1/s1. The van der Waals surface area contributed by atoms with Crippen molar-refractivity contribution < 1.29 is 43.5 Å². The molecule has 0 amide bonds. The number of carbonyl (C=O) groups is 3. The Morgan fingerprint density at radius 2 is 1.57 bits per heavy atom. The summed E-state index contributed by atoms with van der Waals surface area (Å²) in [5.74, 6) is -2.13. The molecule has 0 saturated carbocycles. The summed E-state index contributed by atoms with van der Waals surface area (Å²) in [5, 5.41) is 21.4. The fourth-order valence-electron chi connectivity index (χ4n) is 1.89. The van der Waals surface area contributed by atoms with Gasteiger partial charge in [0.05, 0.1) is 0 Å². The molecule has 120 valence electrons. The Kier molecular flexibility index (Phi) is 6.06. The van der Waals surface area contributed by atoms with Crippen LogP contribution in [0.25, 0.3) is 0 Å². The Balaban J connectivity index is 2.94. The molecule has 1 rings (SSSR count). The summed E-state index contributed by atoms with van der Waals surface area (Å²) in [6, 6.07) is 0. The van der Waals surface area contributed by atoms with E-state index < -0.39 is 48.6 Å². The van der Waals surface area contributed by atoms with E-state index in [2.05, 4.69) is 0 Å². The Bertz CT molecular complexity index is 408. The van der Waals surface area contributed by atoms with Crippen LogP contribution in [-0.2, 0) is 33.3 Å². The van der Waals surface area contributed by atoms with Crippen LogP contribution in [-0.4, -0.2) is 60.3 Å². The van der Waals surface area contributed by atoms with E-state index in [1.54, 1.807) is 0 Å². The topological polar surface area (TPSA) is 131 Å². The molecule has 5 atom stereocenters. The number of esters is 3. The summed E-state index contributed by atoms with van der Waals surface area (Å²) in [4.78, 5) is 33.0. The van der Waals surface area contributed by atoms with E-state index in [-0.39, 0.29) is 6.61 Å². The highest BCUT2D eigenvalue weighted by Gasteiger charge is 2.46. The lowest BCUT2D eigenvalue weighted by Gasteiger charge is -2.45. The van der Waals surface area contributed by atoms with E-state index in [9.17, 15) is 24.6 Å². The normalized spacial score (nSPS) is 32.1. The molecule has 0 spiro atoms. The van der Waals surface area contributed by atoms with Gasteiger partial charge in [-0.1, -0.05) is 0 Å². The number of hydrogen-bond donors (Lipinski definition) is 1. The third-order valence-electron chi connectivity index (χ3n) is 2.67. The molecule has 1 aliphatic rings. The minimum absolute atomic E-state index is 0.378. The van der Waals surface area contributed by atoms with Crippen LogP contribution in [0.5, 0.6) is 0 Å². The highest BCUT2D eigenvalue weighted by molar-refractivity contribution is 5.67. The first-order valence-electron chi connectivity index (χ1n) is 6.19. The molecule has 0 aliphatic carbocycles. The van der Waals surface area contributed by atoms with Gasteiger partial charge in [0.1, 0.15) is 18.8 Å². The van der Waals surface area contributed by atoms with Crippen molar-refractivity contribution in [2.75, 3.05) is 6.61 Å². The van der Waals surface area contributed by atoms with Crippen molar-refractivity contribution in [1.29, 1.82) is 0 Å². The van der Waals surface area contributed by atoms with E-state index in [1.807, 2.05) is 0 Å². The van der Waals surface area contributed by atoms with Crippen molar-refractivity contribution in [3.8, 4) is 0 Å². The van der Waals surface area contributed by atoms with Gasteiger partial charge in [-0.25, -0.2) is 0 Å². The lowest BCUT2D eigenvalue weighted by Crippen LogP contribution is -2.64. The Morgan fingerprint density at radius 1 is 1.05 bits per heavy atom. The van der Waals surface area contributed by atoms with Crippen molar-refractivity contribution in [2.24, 2.45) is 0 Å². The molecule has 0 aromatic rings. The van der Waals surface area contributed by atoms with E-state index >= 15 is 0 Å². The zero-order chi connectivity index (χ0) is 16.2. The van der Waals surface area contributed by atoms with Crippen LogP contribution in [0.15, 0.2) is 0 Å². The van der Waals surface area contributed by atoms with Crippen molar-refractivity contribution in [1.82, 2.24) is 0 Å². The highest BCUT2D eigenvalue weighted by atomic mass is 16.7. The van der Waals surface area contributed by atoms with Crippen molar-refractivity contribution >= 4 is 17.9 Å². The number of aliphatic hydroxyl groups is 1. The molecule has 1 aliphatic heterocycles. The van der Waals surface area contributed by atoms with Crippen LogP contribution < -0.4 is 5.11 Å². The molecule has 0 bridgehead atoms. The van der Waals surface area contributed by atoms with Crippen LogP contribution in [0.1, 0.15) is 20.8 Å². The van der Waals surface area contributed by atoms with Gasteiger partial charge in [-0.2, -0.15) is 0 Å². The first-order valence-corrected chi connectivity index (χ1v) is 6.19. The zero-order valence-corrected chi connectivity index (χ0v) is 11.8. The summed E-state index contributed by atoms with van der Waals surface area (Å²) in [6.07, 6.45) is -7.45. The minimum Gasteiger partial charge on any atom is -0.829 e. The summed E-state index contributed by atoms with van der Waals surface area (Å²) in [5.41, 5.74) is 0. The predicted octanol–water partition coefficient (Wildman–Crippen LogP) is -2.14. The monoisotopic (exact) mass is 305 g/mol. The molecule has 9 nitrogen and oxygen atoms in total. The van der Waals surface area contributed by atoms with E-state index in [4.69, 9.17) is 18.9 Å². The average Bonchev–Trinajstić information content (AvgIpc) is 2.35. The third kappa shape index (κ3) is 4.96. The molecular weight excluding hydrogens is 288 g/mol. The number of hydrogen-bond acceptors (Lipinski definition) is 9. The molecule has 0 aromatic carbocycles. The molecule has 1 saturated heterocycles. The minimum atomic E-state index is -1.93. The quantitative estimate of drug-likeness (QED) is 0.456. The molecule has 0 radical (unpaired) electrons. The van der Waals surface area contributed by atoms with Gasteiger partial charge in [0.15, 0.2) is 12.2 Å². The van der Waals surface area contributed by atoms with Gasteiger partial charge < -0.3 is 29.2 Å². The van der Waals surface area contributed by atoms with E-state index in [0.29, 0.717) is 0 Å². The molecule has 0 aromatic heterocycles.